The molecule has 0 amide bonds. The lowest BCUT2D eigenvalue weighted by atomic mass is 10.4. The topological polar surface area (TPSA) is 78.1 Å². The molecule has 1 fully saturated rings. The second-order valence-electron chi connectivity index (χ2n) is 3.48. The highest BCUT2D eigenvalue weighted by atomic mass is 35.5. The van der Waals surface area contributed by atoms with Gasteiger partial charge in [0.05, 0.1) is 0 Å². The monoisotopic (exact) mass is 266 g/mol. The van der Waals surface area contributed by atoms with E-state index >= 15 is 0 Å². The summed E-state index contributed by atoms with van der Waals surface area (Å²) in [5.74, 6) is 0.615. The van der Waals surface area contributed by atoms with Crippen molar-refractivity contribution in [3.63, 3.8) is 0 Å². The van der Waals surface area contributed by atoms with Crippen LogP contribution in [-0.4, -0.2) is 48.9 Å². The SMILES string of the molecule is Cc1nc(S(=O)(=O)N2CCNCC2)c[nH]1.Cl. The third-order valence-electron chi connectivity index (χ3n) is 2.36. The molecule has 1 aliphatic heterocycles. The summed E-state index contributed by atoms with van der Waals surface area (Å²) in [6.45, 7) is 4.14. The van der Waals surface area contributed by atoms with Gasteiger partial charge in [0.25, 0.3) is 10.0 Å². The van der Waals surface area contributed by atoms with E-state index in [2.05, 4.69) is 15.3 Å². The average molecular weight is 267 g/mol. The maximum absolute atomic E-state index is 12.0. The number of hydrogen-bond acceptors (Lipinski definition) is 4. The van der Waals surface area contributed by atoms with Crippen molar-refractivity contribution in [2.75, 3.05) is 26.2 Å². The Hall–Kier alpha value is -0.630. The Kier molecular flexibility index (Phi) is 4.31. The maximum atomic E-state index is 12.0. The number of nitrogens with one attached hydrogen (secondary N) is 2. The number of nitrogens with zero attached hydrogens (tertiary/aromatic N) is 2. The predicted octanol–water partition coefficient (Wildman–Crippen LogP) is -0.266. The van der Waals surface area contributed by atoms with Gasteiger partial charge in [0.15, 0.2) is 5.03 Å². The van der Waals surface area contributed by atoms with Crippen molar-refractivity contribution in [1.29, 1.82) is 0 Å². The zero-order chi connectivity index (χ0) is 10.9. The predicted molar refractivity (Wildman–Crippen MR) is 62.2 cm³/mol. The second-order valence-corrected chi connectivity index (χ2v) is 5.36. The Morgan fingerprint density at radius 1 is 1.38 bits per heavy atom. The van der Waals surface area contributed by atoms with Crippen LogP contribution < -0.4 is 5.32 Å². The third-order valence-corrected chi connectivity index (χ3v) is 4.15. The third kappa shape index (κ3) is 2.54. The van der Waals surface area contributed by atoms with E-state index in [9.17, 15) is 8.42 Å². The Morgan fingerprint density at radius 2 is 2.00 bits per heavy atom. The Balaban J connectivity index is 0.00000128. The summed E-state index contributed by atoms with van der Waals surface area (Å²) in [5, 5.41) is 3.22. The van der Waals surface area contributed by atoms with E-state index in [1.165, 1.54) is 10.5 Å². The molecule has 0 spiro atoms. The number of sulfonamides is 1. The summed E-state index contributed by atoms with van der Waals surface area (Å²) in [6.07, 6.45) is 1.44. The molecule has 2 N–H and O–H groups in total. The molecule has 1 saturated heterocycles. The minimum atomic E-state index is -3.39. The summed E-state index contributed by atoms with van der Waals surface area (Å²) in [4.78, 5) is 6.73. The lowest BCUT2D eigenvalue weighted by Gasteiger charge is -2.25. The number of rotatable bonds is 2. The van der Waals surface area contributed by atoms with Crippen LogP contribution in [0.3, 0.4) is 0 Å². The van der Waals surface area contributed by atoms with Crippen molar-refractivity contribution >= 4 is 22.4 Å². The first kappa shape index (κ1) is 13.4. The van der Waals surface area contributed by atoms with Crippen molar-refractivity contribution in [3.05, 3.63) is 12.0 Å². The molecule has 0 atom stereocenters. The van der Waals surface area contributed by atoms with Crippen LogP contribution in [-0.2, 0) is 10.0 Å². The number of hydrogen-bond donors (Lipinski definition) is 2. The standard InChI is InChI=1S/C8H14N4O2S.ClH/c1-7-10-6-8(11-7)15(13,14)12-4-2-9-3-5-12;/h6,9H,2-5H2,1H3,(H,10,11);1H. The number of aromatic nitrogens is 2. The molecule has 0 aliphatic carbocycles. The van der Waals surface area contributed by atoms with Crippen molar-refractivity contribution in [2.45, 2.75) is 11.9 Å². The second kappa shape index (κ2) is 5.13. The fourth-order valence-corrected chi connectivity index (χ4v) is 2.93. The van der Waals surface area contributed by atoms with E-state index in [0.717, 1.165) is 0 Å². The van der Waals surface area contributed by atoms with Crippen LogP contribution in [0.15, 0.2) is 11.2 Å². The molecule has 0 unspecified atom stereocenters. The van der Waals surface area contributed by atoms with Gasteiger partial charge in [-0.15, -0.1) is 12.4 Å². The first-order valence-electron chi connectivity index (χ1n) is 4.83. The molecule has 2 rings (SSSR count). The van der Waals surface area contributed by atoms with Crippen LogP contribution in [0, 0.1) is 6.92 Å². The van der Waals surface area contributed by atoms with Gasteiger partial charge in [-0.05, 0) is 6.92 Å². The van der Waals surface area contributed by atoms with Crippen molar-refractivity contribution < 1.29 is 8.42 Å². The van der Waals surface area contributed by atoms with Gasteiger partial charge in [-0.1, -0.05) is 0 Å². The molecule has 1 aromatic heterocycles. The van der Waals surface area contributed by atoms with E-state index < -0.39 is 10.0 Å². The summed E-state index contributed by atoms with van der Waals surface area (Å²) < 4.78 is 25.5. The lowest BCUT2D eigenvalue weighted by Crippen LogP contribution is -2.46. The number of H-pyrrole nitrogens is 1. The molecule has 2 heterocycles. The maximum Gasteiger partial charge on any atom is 0.262 e. The van der Waals surface area contributed by atoms with Crippen LogP contribution in [0.5, 0.6) is 0 Å². The van der Waals surface area contributed by atoms with Crippen LogP contribution >= 0.6 is 12.4 Å². The fraction of sp³-hybridized carbons (Fsp3) is 0.625. The first-order valence-corrected chi connectivity index (χ1v) is 6.27. The van der Waals surface area contributed by atoms with Gasteiger partial charge in [-0.25, -0.2) is 13.4 Å². The quantitative estimate of drug-likeness (QED) is 0.773. The van der Waals surface area contributed by atoms with Crippen molar-refractivity contribution in [1.82, 2.24) is 19.6 Å². The minimum Gasteiger partial charge on any atom is -0.348 e. The Labute approximate surface area is 101 Å². The van der Waals surface area contributed by atoms with Crippen LogP contribution in [0.4, 0.5) is 0 Å². The van der Waals surface area contributed by atoms with Gasteiger partial charge in [0, 0.05) is 32.4 Å². The summed E-state index contributed by atoms with van der Waals surface area (Å²) >= 11 is 0. The Bertz CT molecular complexity index is 439. The molecule has 0 saturated carbocycles. The van der Waals surface area contributed by atoms with Gasteiger partial charge in [0.1, 0.15) is 5.82 Å². The van der Waals surface area contributed by atoms with E-state index in [1.807, 2.05) is 0 Å². The normalized spacial score (nSPS) is 18.1. The number of piperazine rings is 1. The molecule has 1 aromatic rings. The molecule has 0 bridgehead atoms. The fourth-order valence-electron chi connectivity index (χ4n) is 1.55. The zero-order valence-corrected chi connectivity index (χ0v) is 10.6. The molecule has 1 aliphatic rings. The number of imidazole rings is 1. The van der Waals surface area contributed by atoms with Crippen LogP contribution in [0.25, 0.3) is 0 Å². The van der Waals surface area contributed by atoms with Crippen LogP contribution in [0.2, 0.25) is 0 Å². The molecule has 16 heavy (non-hydrogen) atoms. The molecule has 6 nitrogen and oxygen atoms in total. The first-order chi connectivity index (χ1) is 7.10. The highest BCUT2D eigenvalue weighted by Crippen LogP contribution is 2.13. The van der Waals surface area contributed by atoms with Crippen molar-refractivity contribution in [3.8, 4) is 0 Å². The van der Waals surface area contributed by atoms with E-state index in [1.54, 1.807) is 6.92 Å². The van der Waals surface area contributed by atoms with E-state index in [0.29, 0.717) is 32.0 Å². The smallest absolute Gasteiger partial charge is 0.262 e. The lowest BCUT2D eigenvalue weighted by molar-refractivity contribution is 0.359. The molecular formula is C8H15ClN4O2S. The average Bonchev–Trinajstić information content (AvgIpc) is 2.67. The summed E-state index contributed by atoms with van der Waals surface area (Å²) in [5.41, 5.74) is 0. The summed E-state index contributed by atoms with van der Waals surface area (Å²) in [6, 6.07) is 0. The largest absolute Gasteiger partial charge is 0.348 e. The van der Waals surface area contributed by atoms with Gasteiger partial charge in [0.2, 0.25) is 0 Å². The Morgan fingerprint density at radius 3 is 2.50 bits per heavy atom. The zero-order valence-electron chi connectivity index (χ0n) is 8.93. The van der Waals surface area contributed by atoms with Gasteiger partial charge < -0.3 is 10.3 Å². The van der Waals surface area contributed by atoms with Crippen LogP contribution in [0.1, 0.15) is 5.82 Å². The minimum absolute atomic E-state index is 0. The molecule has 0 radical (unpaired) electrons. The molecule has 8 heteroatoms. The number of aromatic amines is 1. The van der Waals surface area contributed by atoms with Gasteiger partial charge >= 0.3 is 0 Å². The number of aryl methyl sites for hydroxylation is 1. The molecule has 0 aromatic carbocycles. The molecular weight excluding hydrogens is 252 g/mol. The summed E-state index contributed by atoms with van der Waals surface area (Å²) in [7, 11) is -3.39. The highest BCUT2D eigenvalue weighted by molar-refractivity contribution is 7.89. The van der Waals surface area contributed by atoms with E-state index in [-0.39, 0.29) is 17.4 Å². The van der Waals surface area contributed by atoms with Crippen molar-refractivity contribution in [2.24, 2.45) is 0 Å². The van der Waals surface area contributed by atoms with E-state index in [4.69, 9.17) is 0 Å². The number of halogens is 1. The van der Waals surface area contributed by atoms with Gasteiger partial charge in [-0.3, -0.25) is 0 Å². The molecule has 92 valence electrons. The highest BCUT2D eigenvalue weighted by Gasteiger charge is 2.27. The van der Waals surface area contributed by atoms with Gasteiger partial charge in [-0.2, -0.15) is 4.31 Å².